The largest absolute Gasteiger partial charge is 0.341 e. The predicted molar refractivity (Wildman–Crippen MR) is 88.0 cm³/mol. The lowest BCUT2D eigenvalue weighted by Gasteiger charge is -2.21. The molecule has 1 saturated carbocycles. The van der Waals surface area contributed by atoms with Gasteiger partial charge in [0.15, 0.2) is 0 Å². The normalized spacial score (nSPS) is 23.7. The van der Waals surface area contributed by atoms with Gasteiger partial charge in [-0.15, -0.1) is 0 Å². The molecule has 0 aromatic carbocycles. The molecule has 128 valence electrons. The number of carbonyl (C=O) groups is 1. The van der Waals surface area contributed by atoms with Crippen molar-refractivity contribution in [2.75, 3.05) is 31.1 Å². The monoisotopic (exact) mass is 320 g/mol. The van der Waals surface area contributed by atoms with Gasteiger partial charge in [-0.1, -0.05) is 32.8 Å². The van der Waals surface area contributed by atoms with E-state index < -0.39 is 0 Å². The molecule has 7 nitrogen and oxygen atoms in total. The highest BCUT2D eigenvalue weighted by Crippen LogP contribution is 2.68. The second-order valence-corrected chi connectivity index (χ2v) is 8.00. The molecule has 0 bridgehead atoms. The number of carbonyl (C=O) groups excluding carboxylic acids is 1. The first kappa shape index (κ1) is 16.2. The second kappa shape index (κ2) is 5.46. The average Bonchev–Trinajstić information content (AvgIpc) is 2.70. The molecule has 0 N–H and O–H groups in total. The Bertz CT molecular complexity index is 579. The maximum absolute atomic E-state index is 11.6. The van der Waals surface area contributed by atoms with Crippen LogP contribution in [0.5, 0.6) is 0 Å². The molecule has 1 amide bonds. The van der Waals surface area contributed by atoms with Crippen LogP contribution in [-0.2, 0) is 11.3 Å². The van der Waals surface area contributed by atoms with Crippen molar-refractivity contribution in [3.05, 3.63) is 0 Å². The molecule has 7 heteroatoms. The maximum Gasteiger partial charge on any atom is 0.245 e. The standard InChI is InChI=1S/C16H28N6O/c1-12(23)20-7-6-8-21(10-9-20)14-17-18-19-22(14)11-13-15(2,3)16(13,4)5/h13H,6-11H2,1-5H3. The molecule has 1 aliphatic heterocycles. The van der Waals surface area contributed by atoms with Crippen LogP contribution < -0.4 is 4.90 Å². The van der Waals surface area contributed by atoms with Gasteiger partial charge in [0.1, 0.15) is 0 Å². The van der Waals surface area contributed by atoms with Crippen molar-refractivity contribution < 1.29 is 4.79 Å². The molecular weight excluding hydrogens is 292 g/mol. The summed E-state index contributed by atoms with van der Waals surface area (Å²) in [4.78, 5) is 15.7. The van der Waals surface area contributed by atoms with E-state index in [0.717, 1.165) is 45.1 Å². The molecule has 2 fully saturated rings. The quantitative estimate of drug-likeness (QED) is 0.842. The Labute approximate surface area is 138 Å². The zero-order valence-corrected chi connectivity index (χ0v) is 14.9. The zero-order chi connectivity index (χ0) is 16.8. The highest BCUT2D eigenvalue weighted by molar-refractivity contribution is 5.73. The number of aromatic nitrogens is 4. The van der Waals surface area contributed by atoms with Gasteiger partial charge in [-0.05, 0) is 33.6 Å². The molecule has 3 rings (SSSR count). The maximum atomic E-state index is 11.6. The van der Waals surface area contributed by atoms with Crippen molar-refractivity contribution in [2.24, 2.45) is 16.7 Å². The minimum Gasteiger partial charge on any atom is -0.341 e. The lowest BCUT2D eigenvalue weighted by molar-refractivity contribution is -0.128. The van der Waals surface area contributed by atoms with Crippen molar-refractivity contribution >= 4 is 11.9 Å². The molecule has 0 unspecified atom stereocenters. The number of rotatable bonds is 3. The fourth-order valence-corrected chi connectivity index (χ4v) is 3.94. The van der Waals surface area contributed by atoms with E-state index in [9.17, 15) is 4.79 Å². The Morgan fingerprint density at radius 2 is 1.83 bits per heavy atom. The third kappa shape index (κ3) is 2.70. The molecule has 0 atom stereocenters. The van der Waals surface area contributed by atoms with Crippen molar-refractivity contribution in [1.82, 2.24) is 25.1 Å². The predicted octanol–water partition coefficient (Wildman–Crippen LogP) is 1.41. The number of nitrogens with zero attached hydrogens (tertiary/aromatic N) is 6. The van der Waals surface area contributed by atoms with Crippen molar-refractivity contribution in [2.45, 2.75) is 47.6 Å². The van der Waals surface area contributed by atoms with Crippen LogP contribution in [0.2, 0.25) is 0 Å². The molecular formula is C16H28N6O. The fourth-order valence-electron chi connectivity index (χ4n) is 3.94. The third-order valence-electron chi connectivity index (χ3n) is 6.41. The van der Waals surface area contributed by atoms with Gasteiger partial charge in [0, 0.05) is 33.1 Å². The fraction of sp³-hybridized carbons (Fsp3) is 0.875. The Morgan fingerprint density at radius 1 is 1.13 bits per heavy atom. The molecule has 1 aliphatic carbocycles. The third-order valence-corrected chi connectivity index (χ3v) is 6.41. The van der Waals surface area contributed by atoms with Crippen LogP contribution in [0.25, 0.3) is 0 Å². The van der Waals surface area contributed by atoms with Gasteiger partial charge in [0.05, 0.1) is 6.54 Å². The Balaban J connectivity index is 1.71. The van der Waals surface area contributed by atoms with E-state index in [1.807, 2.05) is 9.58 Å². The van der Waals surface area contributed by atoms with Crippen LogP contribution in [0.1, 0.15) is 41.0 Å². The average molecular weight is 320 g/mol. The molecule has 1 aromatic heterocycles. The molecule has 2 aliphatic rings. The molecule has 0 spiro atoms. The van der Waals surface area contributed by atoms with E-state index in [1.54, 1.807) is 6.92 Å². The molecule has 1 aromatic rings. The number of anilines is 1. The summed E-state index contributed by atoms with van der Waals surface area (Å²) in [6.45, 7) is 15.0. The number of tetrazole rings is 1. The smallest absolute Gasteiger partial charge is 0.245 e. The number of hydrogen-bond acceptors (Lipinski definition) is 5. The van der Waals surface area contributed by atoms with E-state index >= 15 is 0 Å². The van der Waals surface area contributed by atoms with E-state index in [2.05, 4.69) is 48.1 Å². The summed E-state index contributed by atoms with van der Waals surface area (Å²) < 4.78 is 1.95. The zero-order valence-electron chi connectivity index (χ0n) is 14.9. The summed E-state index contributed by atoms with van der Waals surface area (Å²) in [6, 6.07) is 0. The van der Waals surface area contributed by atoms with Gasteiger partial charge in [0.2, 0.25) is 11.9 Å². The lowest BCUT2D eigenvalue weighted by Crippen LogP contribution is -2.34. The van der Waals surface area contributed by atoms with Crippen LogP contribution in [0.15, 0.2) is 0 Å². The van der Waals surface area contributed by atoms with Crippen molar-refractivity contribution in [3.63, 3.8) is 0 Å². The van der Waals surface area contributed by atoms with Crippen LogP contribution in [0.3, 0.4) is 0 Å². The van der Waals surface area contributed by atoms with Gasteiger partial charge in [-0.2, -0.15) is 0 Å². The minimum atomic E-state index is 0.146. The first-order valence-electron chi connectivity index (χ1n) is 8.52. The number of hydrogen-bond donors (Lipinski definition) is 0. The van der Waals surface area contributed by atoms with Gasteiger partial charge in [0.25, 0.3) is 0 Å². The van der Waals surface area contributed by atoms with Crippen molar-refractivity contribution in [1.29, 1.82) is 0 Å². The number of amides is 1. The molecule has 23 heavy (non-hydrogen) atoms. The first-order chi connectivity index (χ1) is 10.7. The van der Waals surface area contributed by atoms with Crippen LogP contribution in [-0.4, -0.2) is 57.2 Å². The highest BCUT2D eigenvalue weighted by atomic mass is 16.2. The minimum absolute atomic E-state index is 0.146. The summed E-state index contributed by atoms with van der Waals surface area (Å²) in [6.07, 6.45) is 0.951. The molecule has 2 heterocycles. The van der Waals surface area contributed by atoms with Gasteiger partial charge in [-0.25, -0.2) is 4.68 Å². The Hall–Kier alpha value is -1.66. The first-order valence-corrected chi connectivity index (χ1v) is 8.52. The van der Waals surface area contributed by atoms with Gasteiger partial charge >= 0.3 is 0 Å². The van der Waals surface area contributed by atoms with Crippen LogP contribution in [0, 0.1) is 16.7 Å². The summed E-state index contributed by atoms with van der Waals surface area (Å²) in [5.41, 5.74) is 0.640. The Morgan fingerprint density at radius 3 is 2.43 bits per heavy atom. The molecule has 1 saturated heterocycles. The SMILES string of the molecule is CC(=O)N1CCCN(c2nnnn2CC2C(C)(C)C2(C)C)CC1. The topological polar surface area (TPSA) is 67.2 Å². The van der Waals surface area contributed by atoms with Crippen LogP contribution in [0.4, 0.5) is 5.95 Å². The summed E-state index contributed by atoms with van der Waals surface area (Å²) in [5, 5.41) is 12.4. The summed E-state index contributed by atoms with van der Waals surface area (Å²) in [5.74, 6) is 1.57. The molecule has 0 radical (unpaired) electrons. The van der Waals surface area contributed by atoms with E-state index in [-0.39, 0.29) is 5.91 Å². The van der Waals surface area contributed by atoms with E-state index in [1.165, 1.54) is 0 Å². The highest BCUT2D eigenvalue weighted by Gasteiger charge is 2.64. The van der Waals surface area contributed by atoms with Gasteiger partial charge < -0.3 is 9.80 Å². The Kier molecular flexibility index (Phi) is 3.84. The van der Waals surface area contributed by atoms with Gasteiger partial charge in [-0.3, -0.25) is 4.79 Å². The van der Waals surface area contributed by atoms with E-state index in [4.69, 9.17) is 0 Å². The summed E-state index contributed by atoms with van der Waals surface area (Å²) in [7, 11) is 0. The lowest BCUT2D eigenvalue weighted by atomic mass is 10.0. The summed E-state index contributed by atoms with van der Waals surface area (Å²) >= 11 is 0. The van der Waals surface area contributed by atoms with E-state index in [0.29, 0.717) is 16.7 Å². The van der Waals surface area contributed by atoms with Crippen molar-refractivity contribution in [3.8, 4) is 0 Å². The second-order valence-electron chi connectivity index (χ2n) is 8.00. The van der Waals surface area contributed by atoms with Crippen LogP contribution >= 0.6 is 0 Å².